The van der Waals surface area contributed by atoms with Crippen LogP contribution in [0, 0.1) is 34.0 Å². The molecule has 1 aromatic heterocycles. The minimum atomic E-state index is -1.34. The van der Waals surface area contributed by atoms with Crippen LogP contribution < -0.4 is 0 Å². The molecule has 0 aliphatic heterocycles. The molecule has 16 heavy (non-hydrogen) atoms. The molecule has 0 fully saturated rings. The van der Waals surface area contributed by atoms with Gasteiger partial charge < -0.3 is 5.11 Å². The zero-order valence-corrected chi connectivity index (χ0v) is 8.58. The van der Waals surface area contributed by atoms with E-state index >= 15 is 0 Å². The third-order valence-corrected chi connectivity index (χ3v) is 2.60. The van der Waals surface area contributed by atoms with Crippen LogP contribution in [0.2, 0.25) is 0 Å². The molecule has 0 unspecified atom stereocenters. The van der Waals surface area contributed by atoms with Gasteiger partial charge in [0, 0.05) is 4.88 Å². The summed E-state index contributed by atoms with van der Waals surface area (Å²) < 4.78 is 0. The highest BCUT2D eigenvalue weighted by Crippen LogP contribution is 2.23. The van der Waals surface area contributed by atoms with Crippen LogP contribution >= 0.6 is 11.3 Å². The number of thiophene rings is 1. The van der Waals surface area contributed by atoms with Gasteiger partial charge in [0.2, 0.25) is 0 Å². The van der Waals surface area contributed by atoms with Crippen molar-refractivity contribution in [2.24, 2.45) is 0 Å². The molecule has 0 saturated carbocycles. The molecule has 0 spiro atoms. The first-order valence-corrected chi connectivity index (χ1v) is 4.73. The average Bonchev–Trinajstić information content (AvgIpc) is 2.67. The molecule has 1 heterocycles. The van der Waals surface area contributed by atoms with Crippen LogP contribution in [0.4, 0.5) is 0 Å². The third kappa shape index (κ3) is 2.24. The van der Waals surface area contributed by atoms with Gasteiger partial charge in [0.1, 0.15) is 28.7 Å². The fraction of sp³-hybridized carbons (Fsp3) is 0. The largest absolute Gasteiger partial charge is 0.477 e. The highest BCUT2D eigenvalue weighted by atomic mass is 32.1. The van der Waals surface area contributed by atoms with Crippen LogP contribution in [0.25, 0.3) is 6.08 Å². The monoisotopic (exact) mass is 229 g/mol. The molecular formula is C10H3N3O2S. The summed E-state index contributed by atoms with van der Waals surface area (Å²) in [5, 5.41) is 34.5. The van der Waals surface area contributed by atoms with E-state index in [9.17, 15) is 4.79 Å². The zero-order valence-electron chi connectivity index (χ0n) is 7.76. The SMILES string of the molecule is N#CC(=Cc1cc(C#N)c(C#N)s1)C(=O)O. The third-order valence-electron chi connectivity index (χ3n) is 1.61. The van der Waals surface area contributed by atoms with E-state index in [1.165, 1.54) is 12.1 Å². The van der Waals surface area contributed by atoms with Crippen molar-refractivity contribution in [3.8, 4) is 18.2 Å². The average molecular weight is 229 g/mol. The minimum Gasteiger partial charge on any atom is -0.477 e. The molecule has 1 aromatic rings. The number of hydrogen-bond donors (Lipinski definition) is 1. The van der Waals surface area contributed by atoms with Crippen molar-refractivity contribution in [2.75, 3.05) is 0 Å². The Labute approximate surface area is 94.7 Å². The second kappa shape index (κ2) is 4.75. The summed E-state index contributed by atoms with van der Waals surface area (Å²) in [6.45, 7) is 0. The lowest BCUT2D eigenvalue weighted by molar-refractivity contribution is -0.132. The first-order chi connectivity index (χ1) is 7.62. The Kier molecular flexibility index (Phi) is 3.40. The quantitative estimate of drug-likeness (QED) is 0.610. The van der Waals surface area contributed by atoms with Gasteiger partial charge in [-0.1, -0.05) is 0 Å². The van der Waals surface area contributed by atoms with E-state index in [4.69, 9.17) is 20.9 Å². The highest BCUT2D eigenvalue weighted by Gasteiger charge is 2.10. The van der Waals surface area contributed by atoms with Gasteiger partial charge >= 0.3 is 5.97 Å². The normalized spacial score (nSPS) is 9.94. The van der Waals surface area contributed by atoms with Crippen molar-refractivity contribution in [3.63, 3.8) is 0 Å². The summed E-state index contributed by atoms with van der Waals surface area (Å²) >= 11 is 0.971. The maximum Gasteiger partial charge on any atom is 0.346 e. The van der Waals surface area contributed by atoms with Crippen molar-refractivity contribution in [3.05, 3.63) is 27.0 Å². The number of aliphatic carboxylic acids is 1. The van der Waals surface area contributed by atoms with Gasteiger partial charge in [-0.05, 0) is 12.1 Å². The van der Waals surface area contributed by atoms with Gasteiger partial charge in [-0.2, -0.15) is 15.8 Å². The van der Waals surface area contributed by atoms with Gasteiger partial charge in [-0.3, -0.25) is 0 Å². The molecule has 0 atom stereocenters. The molecule has 0 aliphatic carbocycles. The fourth-order valence-electron chi connectivity index (χ4n) is 0.931. The Morgan fingerprint density at radius 3 is 2.44 bits per heavy atom. The maximum atomic E-state index is 10.5. The number of carboxylic acids is 1. The predicted molar refractivity (Wildman–Crippen MR) is 55.0 cm³/mol. The Hall–Kier alpha value is -2.62. The molecule has 0 bridgehead atoms. The van der Waals surface area contributed by atoms with Crippen LogP contribution in [0.15, 0.2) is 11.6 Å². The van der Waals surface area contributed by atoms with E-state index in [0.29, 0.717) is 4.88 Å². The summed E-state index contributed by atoms with van der Waals surface area (Å²) in [7, 11) is 0. The lowest BCUT2D eigenvalue weighted by Crippen LogP contribution is -1.96. The Morgan fingerprint density at radius 2 is 2.06 bits per heavy atom. The number of hydrogen-bond acceptors (Lipinski definition) is 5. The van der Waals surface area contributed by atoms with Gasteiger partial charge in [0.25, 0.3) is 0 Å². The van der Waals surface area contributed by atoms with Crippen molar-refractivity contribution < 1.29 is 9.90 Å². The van der Waals surface area contributed by atoms with Crippen molar-refractivity contribution in [1.82, 2.24) is 0 Å². The van der Waals surface area contributed by atoms with E-state index in [0.717, 1.165) is 17.4 Å². The standard InChI is InChI=1S/C10H3N3O2S/c11-3-6-1-8(16-9(6)5-13)2-7(4-12)10(14)15/h1-2H,(H,14,15). The highest BCUT2D eigenvalue weighted by molar-refractivity contribution is 7.13. The van der Waals surface area contributed by atoms with Gasteiger partial charge in [0.15, 0.2) is 0 Å². The minimum absolute atomic E-state index is 0.182. The summed E-state index contributed by atoms with van der Waals surface area (Å²) in [6.07, 6.45) is 1.13. The lowest BCUT2D eigenvalue weighted by Gasteiger charge is -1.86. The van der Waals surface area contributed by atoms with E-state index in [2.05, 4.69) is 0 Å². The summed E-state index contributed by atoms with van der Waals surface area (Å²) in [5.41, 5.74) is -0.253. The molecular weight excluding hydrogens is 226 g/mol. The molecule has 0 aliphatic rings. The summed E-state index contributed by atoms with van der Waals surface area (Å²) in [6, 6.07) is 6.54. The van der Waals surface area contributed by atoms with Gasteiger partial charge in [0.05, 0.1) is 5.56 Å². The van der Waals surface area contributed by atoms with Crippen LogP contribution in [0.3, 0.4) is 0 Å². The van der Waals surface area contributed by atoms with Crippen molar-refractivity contribution >= 4 is 23.4 Å². The number of nitrogens with zero attached hydrogens (tertiary/aromatic N) is 3. The van der Waals surface area contributed by atoms with Crippen LogP contribution in [0.1, 0.15) is 15.3 Å². The molecule has 0 aromatic carbocycles. The van der Waals surface area contributed by atoms with Crippen molar-refractivity contribution in [1.29, 1.82) is 15.8 Å². The Bertz CT molecular complexity index is 562. The molecule has 6 heteroatoms. The second-order valence-electron chi connectivity index (χ2n) is 2.59. The van der Waals surface area contributed by atoms with Crippen LogP contribution in [-0.2, 0) is 4.79 Å². The van der Waals surface area contributed by atoms with E-state index in [1.807, 2.05) is 12.1 Å². The lowest BCUT2D eigenvalue weighted by atomic mass is 10.2. The first kappa shape index (κ1) is 11.5. The maximum absolute atomic E-state index is 10.5. The van der Waals surface area contributed by atoms with Crippen molar-refractivity contribution in [2.45, 2.75) is 0 Å². The molecule has 0 radical (unpaired) electrons. The summed E-state index contributed by atoms with van der Waals surface area (Å²) in [5.74, 6) is -1.34. The van der Waals surface area contributed by atoms with Gasteiger partial charge in [-0.25, -0.2) is 4.79 Å². The first-order valence-electron chi connectivity index (χ1n) is 3.91. The number of rotatable bonds is 2. The van der Waals surface area contributed by atoms with E-state index in [-0.39, 0.29) is 10.4 Å². The molecule has 5 nitrogen and oxygen atoms in total. The van der Waals surface area contributed by atoms with Crippen LogP contribution in [0.5, 0.6) is 0 Å². The molecule has 1 N–H and O–H groups in total. The van der Waals surface area contributed by atoms with E-state index < -0.39 is 11.5 Å². The number of carboxylic acid groups (broad SMARTS) is 1. The number of nitriles is 3. The second-order valence-corrected chi connectivity index (χ2v) is 3.67. The Balaban J connectivity index is 3.24. The zero-order chi connectivity index (χ0) is 12.1. The summed E-state index contributed by atoms with van der Waals surface area (Å²) in [4.78, 5) is 11.1. The Morgan fingerprint density at radius 1 is 1.38 bits per heavy atom. The fourth-order valence-corrected chi connectivity index (χ4v) is 1.78. The molecule has 0 saturated heterocycles. The topological polar surface area (TPSA) is 109 Å². The van der Waals surface area contributed by atoms with Gasteiger partial charge in [-0.15, -0.1) is 11.3 Å². The molecule has 76 valence electrons. The number of carbonyl (C=O) groups is 1. The predicted octanol–water partition coefficient (Wildman–Crippen LogP) is 1.48. The van der Waals surface area contributed by atoms with Crippen LogP contribution in [-0.4, -0.2) is 11.1 Å². The molecule has 0 amide bonds. The van der Waals surface area contributed by atoms with E-state index in [1.54, 1.807) is 0 Å². The molecule has 1 rings (SSSR count). The smallest absolute Gasteiger partial charge is 0.346 e.